The van der Waals surface area contributed by atoms with Crippen molar-refractivity contribution < 1.29 is 26.7 Å². The Morgan fingerprint density at radius 1 is 1.07 bits per heavy atom. The lowest BCUT2D eigenvalue weighted by Gasteiger charge is -2.29. The third-order valence-corrected chi connectivity index (χ3v) is 8.48. The van der Waals surface area contributed by atoms with Crippen LogP contribution < -0.4 is 14.4 Å². The summed E-state index contributed by atoms with van der Waals surface area (Å²) >= 11 is 0. The summed E-state index contributed by atoms with van der Waals surface area (Å²) in [5, 5.41) is 8.65. The van der Waals surface area contributed by atoms with Gasteiger partial charge in [0, 0.05) is 35.0 Å². The van der Waals surface area contributed by atoms with Gasteiger partial charge in [0.25, 0.3) is 0 Å². The number of hydrogen-bond acceptors (Lipinski definition) is 8. The molecule has 1 saturated heterocycles. The maximum atomic E-state index is 15.8. The highest BCUT2D eigenvalue weighted by molar-refractivity contribution is 7.92. The third-order valence-electron chi connectivity index (χ3n) is 7.12. The quantitative estimate of drug-likeness (QED) is 0.247. The Kier molecular flexibility index (Phi) is 7.60. The minimum absolute atomic E-state index is 0.154. The topological polar surface area (TPSA) is 122 Å². The number of methoxy groups -OCH3 is 1. The van der Waals surface area contributed by atoms with Gasteiger partial charge < -0.3 is 14.4 Å². The van der Waals surface area contributed by atoms with E-state index in [0.717, 1.165) is 16.5 Å². The molecule has 6 rings (SSSR count). The molecule has 10 nitrogen and oxygen atoms in total. The molecular weight excluding hydrogens is 566 g/mol. The largest absolute Gasteiger partial charge is 0.494 e. The average molecular weight is 595 g/mol. The molecule has 2 N–H and O–H groups in total. The van der Waals surface area contributed by atoms with Crippen LogP contribution >= 0.6 is 0 Å². The van der Waals surface area contributed by atoms with E-state index in [4.69, 9.17) is 19.4 Å². The normalized spacial score (nSPS) is 14.0. The third kappa shape index (κ3) is 5.32. The van der Waals surface area contributed by atoms with Crippen LogP contribution in [0.5, 0.6) is 5.75 Å². The first-order valence-corrected chi connectivity index (χ1v) is 15.0. The number of alkyl halides is 1. The van der Waals surface area contributed by atoms with Gasteiger partial charge in [-0.05, 0) is 36.2 Å². The fourth-order valence-electron chi connectivity index (χ4n) is 5.09. The van der Waals surface area contributed by atoms with E-state index >= 15 is 4.39 Å². The predicted octanol–water partition coefficient (Wildman–Crippen LogP) is 4.93. The molecule has 0 bridgehead atoms. The van der Waals surface area contributed by atoms with Gasteiger partial charge in [0.15, 0.2) is 11.6 Å². The number of nitrogens with zero attached hydrogens (tertiary/aromatic N) is 4. The highest BCUT2D eigenvalue weighted by Gasteiger charge is 2.23. The van der Waals surface area contributed by atoms with Gasteiger partial charge in [-0.1, -0.05) is 24.3 Å². The maximum absolute atomic E-state index is 15.8. The second-order valence-corrected chi connectivity index (χ2v) is 11.7. The zero-order valence-corrected chi connectivity index (χ0v) is 23.5. The molecule has 0 amide bonds. The van der Waals surface area contributed by atoms with Gasteiger partial charge in [-0.3, -0.25) is 14.2 Å². The van der Waals surface area contributed by atoms with E-state index in [9.17, 15) is 12.8 Å². The number of halogens is 2. The van der Waals surface area contributed by atoms with Gasteiger partial charge in [-0.15, -0.1) is 0 Å². The molecule has 0 atom stereocenters. The summed E-state index contributed by atoms with van der Waals surface area (Å²) in [6, 6.07) is 13.6. The molecule has 0 saturated carbocycles. The number of benzene rings is 3. The van der Waals surface area contributed by atoms with E-state index in [1.165, 1.54) is 13.2 Å². The van der Waals surface area contributed by atoms with Crippen LogP contribution in [0.4, 0.5) is 20.3 Å². The number of fused-ring (bicyclic) bond motifs is 2. The van der Waals surface area contributed by atoms with E-state index in [0.29, 0.717) is 60.2 Å². The summed E-state index contributed by atoms with van der Waals surface area (Å²) in [4.78, 5) is 12.0. The summed E-state index contributed by atoms with van der Waals surface area (Å²) in [7, 11) is -2.42. The van der Waals surface area contributed by atoms with Crippen molar-refractivity contribution in [2.75, 3.05) is 55.5 Å². The highest BCUT2D eigenvalue weighted by Crippen LogP contribution is 2.39. The van der Waals surface area contributed by atoms with Gasteiger partial charge in [0.2, 0.25) is 10.0 Å². The molecule has 0 spiro atoms. The lowest BCUT2D eigenvalue weighted by Crippen LogP contribution is -2.37. The second-order valence-electron chi connectivity index (χ2n) is 9.81. The zero-order chi connectivity index (χ0) is 29.3. The Morgan fingerprint density at radius 3 is 2.64 bits per heavy atom. The van der Waals surface area contributed by atoms with E-state index in [-0.39, 0.29) is 17.7 Å². The first-order valence-electron chi connectivity index (χ1n) is 13.4. The number of ether oxygens (including phenoxy) is 2. The molecule has 0 unspecified atom stereocenters. The number of rotatable bonds is 9. The molecular formula is C29H28F2N6O4S. The van der Waals surface area contributed by atoms with E-state index in [2.05, 4.69) is 19.8 Å². The Bertz CT molecular complexity index is 1880. The van der Waals surface area contributed by atoms with Crippen LogP contribution in [-0.2, 0) is 14.8 Å². The number of sulfonamides is 1. The summed E-state index contributed by atoms with van der Waals surface area (Å²) in [5.74, 6) is 0.306. The molecule has 1 aliphatic rings. The first-order chi connectivity index (χ1) is 20.4. The van der Waals surface area contributed by atoms with Crippen molar-refractivity contribution in [1.29, 1.82) is 0 Å². The summed E-state index contributed by atoms with van der Waals surface area (Å²) in [6.07, 6.45) is 1.55. The van der Waals surface area contributed by atoms with Crippen molar-refractivity contribution >= 4 is 43.3 Å². The van der Waals surface area contributed by atoms with Crippen molar-refractivity contribution in [2.24, 2.45) is 0 Å². The minimum Gasteiger partial charge on any atom is -0.494 e. The number of aromatic amines is 1. The fraction of sp³-hybridized carbons (Fsp3) is 0.276. The van der Waals surface area contributed by atoms with Gasteiger partial charge in [0.05, 0.1) is 50.2 Å². The summed E-state index contributed by atoms with van der Waals surface area (Å²) < 4.78 is 66.7. The van der Waals surface area contributed by atoms with Crippen LogP contribution in [-0.4, -0.2) is 74.4 Å². The smallest absolute Gasteiger partial charge is 0.232 e. The van der Waals surface area contributed by atoms with Crippen molar-refractivity contribution in [2.45, 2.75) is 6.42 Å². The van der Waals surface area contributed by atoms with Crippen LogP contribution in [0.25, 0.3) is 44.3 Å². The Labute approximate surface area is 240 Å². The molecule has 13 heteroatoms. The van der Waals surface area contributed by atoms with Crippen molar-refractivity contribution in [3.05, 3.63) is 60.5 Å². The molecule has 0 radical (unpaired) electrons. The molecule has 42 heavy (non-hydrogen) atoms. The Morgan fingerprint density at radius 2 is 1.86 bits per heavy atom. The van der Waals surface area contributed by atoms with Crippen molar-refractivity contribution in [3.63, 3.8) is 0 Å². The van der Waals surface area contributed by atoms with E-state index < -0.39 is 28.3 Å². The van der Waals surface area contributed by atoms with Crippen LogP contribution in [0.3, 0.4) is 0 Å². The molecule has 3 aromatic carbocycles. The van der Waals surface area contributed by atoms with Crippen molar-refractivity contribution in [1.82, 2.24) is 20.2 Å². The van der Waals surface area contributed by atoms with Crippen LogP contribution in [0.15, 0.2) is 54.7 Å². The molecule has 1 fully saturated rings. The van der Waals surface area contributed by atoms with Gasteiger partial charge in [-0.25, -0.2) is 22.8 Å². The summed E-state index contributed by atoms with van der Waals surface area (Å²) in [5.41, 5.74) is 2.56. The van der Waals surface area contributed by atoms with Crippen molar-refractivity contribution in [3.8, 4) is 28.3 Å². The SMILES string of the molecule is COc1cc(-c2cccc(NS(=O)(=O)CCCF)c2F)cc2c(N3CCOCC3)nc(-c3cccc4[nH]ncc34)nc12. The molecule has 218 valence electrons. The molecule has 0 aliphatic carbocycles. The minimum atomic E-state index is -3.93. The van der Waals surface area contributed by atoms with Gasteiger partial charge in [0.1, 0.15) is 17.1 Å². The first kappa shape index (κ1) is 27.8. The standard InChI is InChI=1S/C29H28F2N6O4S/c1-40-25-16-18(19-5-2-8-24(26(19)31)36-42(38,39)14-4-9-30)15-21-27(25)33-28(34-29(21)37-10-12-41-13-11-37)20-6-3-7-23-22(20)17-32-35-23/h2-3,5-8,15-17,36H,4,9-14H2,1H3,(H,32,35). The predicted molar refractivity (Wildman–Crippen MR) is 158 cm³/mol. The lowest BCUT2D eigenvalue weighted by atomic mass is 10.0. The Hall–Kier alpha value is -4.36. The van der Waals surface area contributed by atoms with Crippen LogP contribution in [0.2, 0.25) is 0 Å². The highest BCUT2D eigenvalue weighted by atomic mass is 32.2. The van der Waals surface area contributed by atoms with Crippen LogP contribution in [0.1, 0.15) is 6.42 Å². The number of aromatic nitrogens is 4. The van der Waals surface area contributed by atoms with E-state index in [1.807, 2.05) is 18.2 Å². The van der Waals surface area contributed by atoms with E-state index in [1.54, 1.807) is 30.5 Å². The maximum Gasteiger partial charge on any atom is 0.232 e. The number of morpholine rings is 1. The number of anilines is 2. The van der Waals surface area contributed by atoms with Gasteiger partial charge >= 0.3 is 0 Å². The second kappa shape index (κ2) is 11.5. The molecule has 1 aliphatic heterocycles. The Balaban J connectivity index is 1.53. The number of hydrogen-bond donors (Lipinski definition) is 2. The summed E-state index contributed by atoms with van der Waals surface area (Å²) in [6.45, 7) is 1.45. The number of H-pyrrole nitrogens is 1. The number of nitrogens with one attached hydrogen (secondary N) is 2. The fourth-order valence-corrected chi connectivity index (χ4v) is 6.18. The monoisotopic (exact) mass is 594 g/mol. The molecule has 2 aromatic heterocycles. The van der Waals surface area contributed by atoms with Gasteiger partial charge in [-0.2, -0.15) is 5.10 Å². The molecule has 5 aromatic rings. The average Bonchev–Trinajstić information content (AvgIpc) is 3.50. The zero-order valence-electron chi connectivity index (χ0n) is 22.7. The lowest BCUT2D eigenvalue weighted by molar-refractivity contribution is 0.122. The van der Waals surface area contributed by atoms with Crippen LogP contribution in [0, 0.1) is 5.82 Å². The molecule has 3 heterocycles.